The highest BCUT2D eigenvalue weighted by molar-refractivity contribution is 9.11. The van der Waals surface area contributed by atoms with Crippen molar-refractivity contribution >= 4 is 47.8 Å². The average molecular weight is 479 g/mol. The van der Waals surface area contributed by atoms with Crippen molar-refractivity contribution in [3.05, 3.63) is 50.2 Å². The van der Waals surface area contributed by atoms with Crippen molar-refractivity contribution in [2.24, 2.45) is 5.92 Å². The van der Waals surface area contributed by atoms with E-state index in [1.54, 1.807) is 0 Å². The SMILES string of the molecule is CCn1nc(C)c(Br)c1CC(CBr)Cc1ccccc1Br. The number of alkyl halides is 1. The second kappa shape index (κ2) is 7.93. The number of aromatic nitrogens is 2. The Morgan fingerprint density at radius 2 is 1.90 bits per heavy atom. The summed E-state index contributed by atoms with van der Waals surface area (Å²) in [7, 11) is 0. The van der Waals surface area contributed by atoms with E-state index in [1.807, 2.05) is 0 Å². The Balaban J connectivity index is 2.18. The number of benzene rings is 1. The number of hydrogen-bond acceptors (Lipinski definition) is 1. The fourth-order valence-electron chi connectivity index (χ4n) is 2.49. The summed E-state index contributed by atoms with van der Waals surface area (Å²) in [4.78, 5) is 0. The first-order valence-electron chi connectivity index (χ1n) is 7.07. The summed E-state index contributed by atoms with van der Waals surface area (Å²) in [5.41, 5.74) is 3.73. The first-order valence-corrected chi connectivity index (χ1v) is 9.78. The van der Waals surface area contributed by atoms with E-state index < -0.39 is 0 Å². The maximum absolute atomic E-state index is 4.59. The standard InChI is InChI=1S/C16H19Br3N2/c1-3-21-15(16(19)11(2)20-21)9-12(10-17)8-13-6-4-5-7-14(13)18/h4-7,12H,3,8-10H2,1-2H3. The quantitative estimate of drug-likeness (QED) is 0.499. The molecule has 0 N–H and O–H groups in total. The maximum Gasteiger partial charge on any atom is 0.0738 e. The Hall–Kier alpha value is -0.130. The van der Waals surface area contributed by atoms with Gasteiger partial charge in [-0.15, -0.1) is 0 Å². The number of aryl methyl sites for hydroxylation is 2. The van der Waals surface area contributed by atoms with Crippen LogP contribution in [0.4, 0.5) is 0 Å². The van der Waals surface area contributed by atoms with Gasteiger partial charge in [0.1, 0.15) is 0 Å². The molecule has 0 spiro atoms. The second-order valence-corrected chi connectivity index (χ2v) is 7.48. The predicted molar refractivity (Wildman–Crippen MR) is 99.2 cm³/mol. The lowest BCUT2D eigenvalue weighted by Gasteiger charge is -2.16. The second-order valence-electron chi connectivity index (χ2n) is 5.18. The maximum atomic E-state index is 4.59. The zero-order chi connectivity index (χ0) is 15.4. The molecule has 5 heteroatoms. The molecule has 0 saturated heterocycles. The highest BCUT2D eigenvalue weighted by atomic mass is 79.9. The summed E-state index contributed by atoms with van der Waals surface area (Å²) in [6.07, 6.45) is 2.06. The molecule has 0 aliphatic carbocycles. The summed E-state index contributed by atoms with van der Waals surface area (Å²) in [5.74, 6) is 0.543. The molecule has 2 aromatic rings. The molecule has 21 heavy (non-hydrogen) atoms. The first kappa shape index (κ1) is 17.2. The molecular weight excluding hydrogens is 460 g/mol. The zero-order valence-corrected chi connectivity index (χ0v) is 17.0. The van der Waals surface area contributed by atoms with Gasteiger partial charge in [-0.25, -0.2) is 0 Å². The number of nitrogens with zero attached hydrogens (tertiary/aromatic N) is 2. The number of rotatable bonds is 6. The molecule has 0 fully saturated rings. The van der Waals surface area contributed by atoms with E-state index in [4.69, 9.17) is 0 Å². The van der Waals surface area contributed by atoms with Gasteiger partial charge in [-0.05, 0) is 60.2 Å². The molecule has 0 radical (unpaired) electrons. The van der Waals surface area contributed by atoms with E-state index in [2.05, 4.69) is 95.7 Å². The summed E-state index contributed by atoms with van der Waals surface area (Å²) in [5, 5.41) is 5.57. The van der Waals surface area contributed by atoms with Gasteiger partial charge in [0.05, 0.1) is 15.9 Å². The van der Waals surface area contributed by atoms with Crippen molar-refractivity contribution in [2.75, 3.05) is 5.33 Å². The zero-order valence-electron chi connectivity index (χ0n) is 12.2. The molecule has 1 aromatic heterocycles. The van der Waals surface area contributed by atoms with Crippen molar-refractivity contribution < 1.29 is 0 Å². The predicted octanol–water partition coefficient (Wildman–Crippen LogP) is 5.53. The molecule has 2 nitrogen and oxygen atoms in total. The summed E-state index contributed by atoms with van der Waals surface area (Å²) >= 11 is 11.0. The third-order valence-electron chi connectivity index (χ3n) is 3.62. The molecule has 1 heterocycles. The van der Waals surface area contributed by atoms with Gasteiger partial charge < -0.3 is 0 Å². The van der Waals surface area contributed by atoms with Gasteiger partial charge in [-0.1, -0.05) is 50.1 Å². The highest BCUT2D eigenvalue weighted by Crippen LogP contribution is 2.27. The Kier molecular flexibility index (Phi) is 6.51. The minimum Gasteiger partial charge on any atom is -0.268 e. The average Bonchev–Trinajstić information content (AvgIpc) is 2.76. The van der Waals surface area contributed by atoms with Crippen LogP contribution in [0.15, 0.2) is 33.2 Å². The van der Waals surface area contributed by atoms with E-state index in [0.717, 1.165) is 34.9 Å². The highest BCUT2D eigenvalue weighted by Gasteiger charge is 2.18. The van der Waals surface area contributed by atoms with Gasteiger partial charge >= 0.3 is 0 Å². The monoisotopic (exact) mass is 476 g/mol. The van der Waals surface area contributed by atoms with Crippen LogP contribution in [0.5, 0.6) is 0 Å². The third kappa shape index (κ3) is 4.20. The van der Waals surface area contributed by atoms with Crippen LogP contribution < -0.4 is 0 Å². The molecule has 0 amide bonds. The minimum absolute atomic E-state index is 0.543. The van der Waals surface area contributed by atoms with E-state index >= 15 is 0 Å². The largest absolute Gasteiger partial charge is 0.268 e. The van der Waals surface area contributed by atoms with Crippen LogP contribution in [0.3, 0.4) is 0 Å². The first-order chi connectivity index (χ1) is 10.1. The van der Waals surface area contributed by atoms with Gasteiger partial charge in [0.15, 0.2) is 0 Å². The topological polar surface area (TPSA) is 17.8 Å². The fraction of sp³-hybridized carbons (Fsp3) is 0.438. The Morgan fingerprint density at radius 3 is 2.52 bits per heavy atom. The normalized spacial score (nSPS) is 12.6. The van der Waals surface area contributed by atoms with E-state index in [1.165, 1.54) is 15.7 Å². The van der Waals surface area contributed by atoms with Crippen molar-refractivity contribution in [2.45, 2.75) is 33.2 Å². The lowest BCUT2D eigenvalue weighted by molar-refractivity contribution is 0.534. The molecule has 0 saturated carbocycles. The van der Waals surface area contributed by atoms with Crippen LogP contribution in [0.2, 0.25) is 0 Å². The fourth-order valence-corrected chi connectivity index (χ4v) is 3.84. The van der Waals surface area contributed by atoms with Crippen molar-refractivity contribution in [3.8, 4) is 0 Å². The molecular formula is C16H19Br3N2. The van der Waals surface area contributed by atoms with Crippen molar-refractivity contribution in [3.63, 3.8) is 0 Å². The van der Waals surface area contributed by atoms with Gasteiger partial charge in [0, 0.05) is 16.3 Å². The summed E-state index contributed by atoms with van der Waals surface area (Å²) < 4.78 is 4.45. The Morgan fingerprint density at radius 1 is 1.19 bits per heavy atom. The summed E-state index contributed by atoms with van der Waals surface area (Å²) in [6, 6.07) is 8.46. The van der Waals surface area contributed by atoms with Crippen molar-refractivity contribution in [1.29, 1.82) is 0 Å². The summed E-state index contributed by atoms with van der Waals surface area (Å²) in [6.45, 7) is 5.10. The van der Waals surface area contributed by atoms with E-state index in [-0.39, 0.29) is 0 Å². The van der Waals surface area contributed by atoms with E-state index in [9.17, 15) is 0 Å². The van der Waals surface area contributed by atoms with Gasteiger partial charge in [0.25, 0.3) is 0 Å². The van der Waals surface area contributed by atoms with Crippen LogP contribution in [-0.4, -0.2) is 15.1 Å². The Bertz CT molecular complexity index is 608. The molecule has 1 aromatic carbocycles. The molecule has 1 atom stereocenters. The molecule has 0 aliphatic heterocycles. The molecule has 0 aliphatic rings. The Labute approximate surface area is 151 Å². The molecule has 0 bridgehead atoms. The molecule has 114 valence electrons. The van der Waals surface area contributed by atoms with Gasteiger partial charge in [0.2, 0.25) is 0 Å². The van der Waals surface area contributed by atoms with E-state index in [0.29, 0.717) is 5.92 Å². The van der Waals surface area contributed by atoms with Gasteiger partial charge in [-0.3, -0.25) is 4.68 Å². The van der Waals surface area contributed by atoms with Crippen molar-refractivity contribution in [1.82, 2.24) is 9.78 Å². The lowest BCUT2D eigenvalue weighted by Crippen LogP contribution is -2.14. The molecule has 2 rings (SSSR count). The smallest absolute Gasteiger partial charge is 0.0738 e. The number of halogens is 3. The number of hydrogen-bond donors (Lipinski definition) is 0. The minimum atomic E-state index is 0.543. The van der Waals surface area contributed by atoms with Crippen LogP contribution in [0.1, 0.15) is 23.9 Å². The third-order valence-corrected chi connectivity index (χ3v) is 6.34. The lowest BCUT2D eigenvalue weighted by atomic mass is 9.96. The van der Waals surface area contributed by atoms with Crippen LogP contribution in [0, 0.1) is 12.8 Å². The molecule has 1 unspecified atom stereocenters. The van der Waals surface area contributed by atoms with Crippen LogP contribution >= 0.6 is 47.8 Å². The van der Waals surface area contributed by atoms with Crippen LogP contribution in [-0.2, 0) is 19.4 Å². The van der Waals surface area contributed by atoms with Crippen LogP contribution in [0.25, 0.3) is 0 Å². The van der Waals surface area contributed by atoms with Gasteiger partial charge in [-0.2, -0.15) is 5.10 Å².